The van der Waals surface area contributed by atoms with E-state index < -0.39 is 10.0 Å². The van der Waals surface area contributed by atoms with E-state index in [4.69, 9.17) is 11.6 Å². The number of halogens is 1. The second-order valence-electron chi connectivity index (χ2n) is 6.85. The molecule has 0 atom stereocenters. The Labute approximate surface area is 160 Å². The fourth-order valence-corrected chi connectivity index (χ4v) is 4.99. The molecule has 1 aliphatic rings. The molecule has 0 spiro atoms. The smallest absolute Gasteiger partial charge is 0.243 e. The number of nitrogens with one attached hydrogen (secondary N) is 1. The van der Waals surface area contributed by atoms with Crippen molar-refractivity contribution in [3.05, 3.63) is 46.2 Å². The van der Waals surface area contributed by atoms with Gasteiger partial charge in [0.05, 0.1) is 10.6 Å². The van der Waals surface area contributed by atoms with E-state index in [0.717, 1.165) is 29.7 Å². The highest BCUT2D eigenvalue weighted by molar-refractivity contribution is 7.89. The third-order valence-electron chi connectivity index (χ3n) is 4.95. The first-order valence-electron chi connectivity index (χ1n) is 8.77. The van der Waals surface area contributed by atoms with Crippen LogP contribution in [0.15, 0.2) is 29.2 Å². The van der Waals surface area contributed by atoms with Crippen molar-refractivity contribution >= 4 is 21.6 Å². The molecule has 0 aliphatic carbocycles. The Morgan fingerprint density at radius 2 is 1.81 bits per heavy atom. The number of hydrogen-bond donors (Lipinski definition) is 1. The van der Waals surface area contributed by atoms with Crippen molar-refractivity contribution < 1.29 is 8.42 Å². The van der Waals surface area contributed by atoms with Gasteiger partial charge in [0.15, 0.2) is 0 Å². The Hall–Kier alpha value is -1.41. The van der Waals surface area contributed by atoms with E-state index in [1.54, 1.807) is 21.1 Å². The number of piperidine rings is 1. The van der Waals surface area contributed by atoms with Crippen LogP contribution in [0.4, 0.5) is 0 Å². The summed E-state index contributed by atoms with van der Waals surface area (Å²) >= 11 is 6.27. The molecule has 0 bridgehead atoms. The SMILES string of the molecule is Cc1ccc(S(=O)(=O)N2CCC(NCc3c(C)nn(C)c3Cl)CC2)cc1. The zero-order valence-electron chi connectivity index (χ0n) is 15.4. The van der Waals surface area contributed by atoms with Crippen LogP contribution in [-0.2, 0) is 23.6 Å². The number of nitrogens with zero attached hydrogens (tertiary/aromatic N) is 3. The number of hydrogen-bond acceptors (Lipinski definition) is 4. The summed E-state index contributed by atoms with van der Waals surface area (Å²) in [7, 11) is -1.58. The van der Waals surface area contributed by atoms with Gasteiger partial charge >= 0.3 is 0 Å². The van der Waals surface area contributed by atoms with Gasteiger partial charge in [0.25, 0.3) is 0 Å². The maximum absolute atomic E-state index is 12.8. The molecule has 1 fully saturated rings. The average Bonchev–Trinajstić information content (AvgIpc) is 2.86. The van der Waals surface area contributed by atoms with Crippen LogP contribution in [0, 0.1) is 13.8 Å². The quantitative estimate of drug-likeness (QED) is 0.843. The van der Waals surface area contributed by atoms with Crippen LogP contribution in [0.2, 0.25) is 5.15 Å². The third kappa shape index (κ3) is 3.96. The summed E-state index contributed by atoms with van der Waals surface area (Å²) in [6.07, 6.45) is 1.56. The van der Waals surface area contributed by atoms with Crippen LogP contribution in [0.5, 0.6) is 0 Å². The van der Waals surface area contributed by atoms with Gasteiger partial charge in [-0.15, -0.1) is 0 Å². The Bertz CT molecular complexity index is 869. The molecule has 1 saturated heterocycles. The summed E-state index contributed by atoms with van der Waals surface area (Å²) in [5, 5.41) is 8.46. The van der Waals surface area contributed by atoms with Gasteiger partial charge in [0.1, 0.15) is 5.15 Å². The van der Waals surface area contributed by atoms with Crippen LogP contribution in [0.1, 0.15) is 29.7 Å². The van der Waals surface area contributed by atoms with E-state index in [1.165, 1.54) is 0 Å². The summed E-state index contributed by atoms with van der Waals surface area (Å²) in [5.74, 6) is 0. The lowest BCUT2D eigenvalue weighted by molar-refractivity contribution is 0.288. The molecule has 8 heteroatoms. The molecule has 3 rings (SSSR count). The number of aromatic nitrogens is 2. The number of benzene rings is 1. The van der Waals surface area contributed by atoms with Crippen molar-refractivity contribution in [1.29, 1.82) is 0 Å². The molecular formula is C18H25ClN4O2S. The van der Waals surface area contributed by atoms with Gasteiger partial charge < -0.3 is 5.32 Å². The zero-order chi connectivity index (χ0) is 18.9. The van der Waals surface area contributed by atoms with Gasteiger partial charge in [-0.05, 0) is 38.8 Å². The normalized spacial score (nSPS) is 16.9. The highest BCUT2D eigenvalue weighted by Gasteiger charge is 2.29. The minimum absolute atomic E-state index is 0.273. The summed E-state index contributed by atoms with van der Waals surface area (Å²) in [5.41, 5.74) is 2.98. The van der Waals surface area contributed by atoms with Crippen molar-refractivity contribution in [2.75, 3.05) is 13.1 Å². The minimum Gasteiger partial charge on any atom is -0.310 e. The molecule has 0 radical (unpaired) electrons. The predicted molar refractivity (Wildman–Crippen MR) is 103 cm³/mol. The molecule has 1 aliphatic heterocycles. The molecule has 0 unspecified atom stereocenters. The van der Waals surface area contributed by atoms with Gasteiger partial charge in [-0.3, -0.25) is 4.68 Å². The van der Waals surface area contributed by atoms with E-state index in [-0.39, 0.29) is 6.04 Å². The summed E-state index contributed by atoms with van der Waals surface area (Å²) < 4.78 is 28.8. The topological polar surface area (TPSA) is 67.2 Å². The Morgan fingerprint density at radius 1 is 1.19 bits per heavy atom. The first-order chi connectivity index (χ1) is 12.3. The van der Waals surface area contributed by atoms with Crippen LogP contribution >= 0.6 is 11.6 Å². The van der Waals surface area contributed by atoms with Gasteiger partial charge in [-0.25, -0.2) is 8.42 Å². The van der Waals surface area contributed by atoms with Crippen molar-refractivity contribution in [3.8, 4) is 0 Å². The van der Waals surface area contributed by atoms with Gasteiger partial charge in [0.2, 0.25) is 10.0 Å². The molecular weight excluding hydrogens is 372 g/mol. The minimum atomic E-state index is -3.41. The molecule has 0 saturated carbocycles. The molecule has 0 amide bonds. The standard InChI is InChI=1S/C18H25ClN4O2S/c1-13-4-6-16(7-5-13)26(24,25)23-10-8-15(9-11-23)20-12-17-14(2)21-22(3)18(17)19/h4-7,15,20H,8-12H2,1-3H3. The molecule has 142 valence electrons. The molecule has 2 aromatic rings. The molecule has 26 heavy (non-hydrogen) atoms. The van der Waals surface area contributed by atoms with E-state index >= 15 is 0 Å². The van der Waals surface area contributed by atoms with E-state index in [9.17, 15) is 8.42 Å². The van der Waals surface area contributed by atoms with Crippen molar-refractivity contribution in [2.45, 2.75) is 44.2 Å². The second kappa shape index (κ2) is 7.68. The monoisotopic (exact) mass is 396 g/mol. The van der Waals surface area contributed by atoms with Crippen LogP contribution in [0.3, 0.4) is 0 Å². The maximum atomic E-state index is 12.8. The first-order valence-corrected chi connectivity index (χ1v) is 10.6. The number of aryl methyl sites for hydroxylation is 3. The Balaban J connectivity index is 1.58. The van der Waals surface area contributed by atoms with Crippen molar-refractivity contribution in [1.82, 2.24) is 19.4 Å². The zero-order valence-corrected chi connectivity index (χ0v) is 16.9. The van der Waals surface area contributed by atoms with Crippen molar-refractivity contribution in [2.24, 2.45) is 7.05 Å². The molecule has 1 N–H and O–H groups in total. The highest BCUT2D eigenvalue weighted by atomic mass is 35.5. The van der Waals surface area contributed by atoms with Crippen LogP contribution in [0.25, 0.3) is 0 Å². The lowest BCUT2D eigenvalue weighted by Gasteiger charge is -2.31. The second-order valence-corrected chi connectivity index (χ2v) is 9.15. The van der Waals surface area contributed by atoms with Crippen LogP contribution in [-0.4, -0.2) is 41.6 Å². The van der Waals surface area contributed by atoms with E-state index in [2.05, 4.69) is 10.4 Å². The lowest BCUT2D eigenvalue weighted by Crippen LogP contribution is -2.44. The maximum Gasteiger partial charge on any atom is 0.243 e. The van der Waals surface area contributed by atoms with Gasteiger partial charge in [-0.1, -0.05) is 29.3 Å². The highest BCUT2D eigenvalue weighted by Crippen LogP contribution is 2.23. The average molecular weight is 397 g/mol. The van der Waals surface area contributed by atoms with Crippen molar-refractivity contribution in [3.63, 3.8) is 0 Å². The summed E-state index contributed by atoms with van der Waals surface area (Å²) in [6, 6.07) is 7.31. The summed E-state index contributed by atoms with van der Waals surface area (Å²) in [6.45, 7) is 5.58. The van der Waals surface area contributed by atoms with Gasteiger partial charge in [0, 0.05) is 38.3 Å². The van der Waals surface area contributed by atoms with E-state index in [0.29, 0.717) is 29.7 Å². The molecule has 1 aromatic heterocycles. The lowest BCUT2D eigenvalue weighted by atomic mass is 10.1. The third-order valence-corrected chi connectivity index (χ3v) is 7.34. The molecule has 2 heterocycles. The van der Waals surface area contributed by atoms with E-state index in [1.807, 2.05) is 33.0 Å². The Kier molecular flexibility index (Phi) is 5.72. The Morgan fingerprint density at radius 3 is 2.35 bits per heavy atom. The molecule has 1 aromatic carbocycles. The number of rotatable bonds is 5. The fraction of sp³-hybridized carbons (Fsp3) is 0.500. The first kappa shape index (κ1) is 19.4. The van der Waals surface area contributed by atoms with Crippen LogP contribution < -0.4 is 5.32 Å². The largest absolute Gasteiger partial charge is 0.310 e. The summed E-state index contributed by atoms with van der Waals surface area (Å²) in [4.78, 5) is 0.368. The fourth-order valence-electron chi connectivity index (χ4n) is 3.28. The molecule has 6 nitrogen and oxygen atoms in total. The number of sulfonamides is 1. The predicted octanol–water partition coefficient (Wildman–Crippen LogP) is 2.63. The van der Waals surface area contributed by atoms with Gasteiger partial charge in [-0.2, -0.15) is 9.40 Å².